The molecule has 1 fully saturated rings. The van der Waals surface area contributed by atoms with Crippen LogP contribution in [-0.2, 0) is 12.0 Å². The highest BCUT2D eigenvalue weighted by Crippen LogP contribution is 2.26. The summed E-state index contributed by atoms with van der Waals surface area (Å²) in [6, 6.07) is 1.72. The van der Waals surface area contributed by atoms with E-state index in [-0.39, 0.29) is 11.3 Å². The van der Waals surface area contributed by atoms with Crippen LogP contribution in [-0.4, -0.2) is 46.9 Å². The number of aromatic nitrogens is 1. The first-order chi connectivity index (χ1) is 10.9. The molecule has 6 heteroatoms. The predicted octanol–water partition coefficient (Wildman–Crippen LogP) is 2.99. The van der Waals surface area contributed by atoms with Crippen LogP contribution in [0.4, 0.5) is 0 Å². The molecule has 0 bridgehead atoms. The van der Waals surface area contributed by atoms with Gasteiger partial charge in [-0.1, -0.05) is 20.8 Å². The quantitative estimate of drug-likeness (QED) is 0.866. The van der Waals surface area contributed by atoms with Gasteiger partial charge < -0.3 is 9.32 Å². The van der Waals surface area contributed by atoms with Crippen molar-refractivity contribution in [1.29, 1.82) is 0 Å². The summed E-state index contributed by atoms with van der Waals surface area (Å²) in [4.78, 5) is 21.3. The van der Waals surface area contributed by atoms with Gasteiger partial charge in [-0.05, 0) is 6.07 Å². The van der Waals surface area contributed by atoms with Crippen LogP contribution in [0.25, 0.3) is 0 Å². The van der Waals surface area contributed by atoms with Crippen LogP contribution >= 0.6 is 11.3 Å². The summed E-state index contributed by atoms with van der Waals surface area (Å²) in [6.07, 6.45) is 3.05. The monoisotopic (exact) mass is 333 g/mol. The fourth-order valence-electron chi connectivity index (χ4n) is 2.63. The van der Waals surface area contributed by atoms with E-state index in [9.17, 15) is 4.79 Å². The zero-order valence-corrected chi connectivity index (χ0v) is 14.7. The number of hydrogen-bond donors (Lipinski definition) is 0. The Morgan fingerprint density at radius 1 is 1.30 bits per heavy atom. The highest BCUT2D eigenvalue weighted by atomic mass is 32.1. The molecule has 3 rings (SSSR count). The van der Waals surface area contributed by atoms with E-state index in [1.807, 2.05) is 4.90 Å². The predicted molar refractivity (Wildman–Crippen MR) is 90.7 cm³/mol. The summed E-state index contributed by atoms with van der Waals surface area (Å²) in [5.41, 5.74) is 1.88. The van der Waals surface area contributed by atoms with Gasteiger partial charge in [-0.3, -0.25) is 9.69 Å². The van der Waals surface area contributed by atoms with Gasteiger partial charge in [0.15, 0.2) is 0 Å². The second-order valence-corrected chi connectivity index (χ2v) is 7.83. The second-order valence-electron chi connectivity index (χ2n) is 6.97. The first-order valence-corrected chi connectivity index (χ1v) is 8.80. The second kappa shape index (κ2) is 6.45. The SMILES string of the molecule is CC(C)(C)c1nc(CN2CCN(C(=O)c3ccoc3)CC2)cs1. The lowest BCUT2D eigenvalue weighted by Crippen LogP contribution is -2.48. The summed E-state index contributed by atoms with van der Waals surface area (Å²) in [5.74, 6) is 0.0575. The van der Waals surface area contributed by atoms with Gasteiger partial charge in [0.25, 0.3) is 5.91 Å². The zero-order chi connectivity index (χ0) is 16.4. The van der Waals surface area contributed by atoms with Crippen molar-refractivity contribution < 1.29 is 9.21 Å². The first kappa shape index (κ1) is 16.2. The third-order valence-corrected chi connectivity index (χ3v) is 5.32. The normalized spacial score (nSPS) is 16.7. The molecule has 0 atom stereocenters. The fourth-order valence-corrected chi connectivity index (χ4v) is 3.53. The largest absolute Gasteiger partial charge is 0.472 e. The minimum Gasteiger partial charge on any atom is -0.472 e. The minimum atomic E-state index is 0.0575. The standard InChI is InChI=1S/C17H23N3O2S/c1-17(2,3)16-18-14(12-23-16)10-19-5-7-20(8-6-19)15(21)13-4-9-22-11-13/h4,9,11-12H,5-8,10H2,1-3H3. The number of furan rings is 1. The van der Waals surface area contributed by atoms with Crippen LogP contribution in [0.15, 0.2) is 28.4 Å². The minimum absolute atomic E-state index is 0.0575. The van der Waals surface area contributed by atoms with E-state index in [1.54, 1.807) is 23.7 Å². The number of rotatable bonds is 3. The van der Waals surface area contributed by atoms with E-state index in [1.165, 1.54) is 11.3 Å². The van der Waals surface area contributed by atoms with Crippen LogP contribution in [0.2, 0.25) is 0 Å². The number of hydrogen-bond acceptors (Lipinski definition) is 5. The summed E-state index contributed by atoms with van der Waals surface area (Å²) in [5, 5.41) is 3.34. The van der Waals surface area contributed by atoms with Crippen molar-refractivity contribution in [2.75, 3.05) is 26.2 Å². The lowest BCUT2D eigenvalue weighted by Gasteiger charge is -2.34. The fraction of sp³-hybridized carbons (Fsp3) is 0.529. The number of amides is 1. The Bertz CT molecular complexity index is 650. The lowest BCUT2D eigenvalue weighted by molar-refractivity contribution is 0.0626. The Hall–Kier alpha value is -1.66. The number of carbonyl (C=O) groups is 1. The average Bonchev–Trinajstić information content (AvgIpc) is 3.18. The highest BCUT2D eigenvalue weighted by molar-refractivity contribution is 7.09. The lowest BCUT2D eigenvalue weighted by atomic mass is 9.98. The van der Waals surface area contributed by atoms with Crippen LogP contribution in [0.3, 0.4) is 0 Å². The van der Waals surface area contributed by atoms with Crippen molar-refractivity contribution in [3.05, 3.63) is 40.2 Å². The molecule has 23 heavy (non-hydrogen) atoms. The molecule has 1 aliphatic rings. The molecule has 1 aliphatic heterocycles. The number of carbonyl (C=O) groups excluding carboxylic acids is 1. The highest BCUT2D eigenvalue weighted by Gasteiger charge is 2.24. The van der Waals surface area contributed by atoms with E-state index in [4.69, 9.17) is 9.40 Å². The van der Waals surface area contributed by atoms with Crippen molar-refractivity contribution in [3.8, 4) is 0 Å². The molecule has 1 saturated heterocycles. The molecular formula is C17H23N3O2S. The van der Waals surface area contributed by atoms with Crippen LogP contribution in [0.5, 0.6) is 0 Å². The van der Waals surface area contributed by atoms with Crippen molar-refractivity contribution in [2.24, 2.45) is 0 Å². The molecule has 5 nitrogen and oxygen atoms in total. The van der Waals surface area contributed by atoms with Gasteiger partial charge in [0.05, 0.1) is 22.5 Å². The first-order valence-electron chi connectivity index (χ1n) is 7.92. The molecule has 1 amide bonds. The van der Waals surface area contributed by atoms with E-state index >= 15 is 0 Å². The van der Waals surface area contributed by atoms with Crippen molar-refractivity contribution >= 4 is 17.2 Å². The van der Waals surface area contributed by atoms with E-state index < -0.39 is 0 Å². The number of piperazine rings is 1. The van der Waals surface area contributed by atoms with Gasteiger partial charge in [0.2, 0.25) is 0 Å². The van der Waals surface area contributed by atoms with Crippen molar-refractivity contribution in [2.45, 2.75) is 32.7 Å². The summed E-state index contributed by atoms with van der Waals surface area (Å²) < 4.78 is 4.99. The number of thiazole rings is 1. The van der Waals surface area contributed by atoms with Crippen LogP contribution in [0, 0.1) is 0 Å². The summed E-state index contributed by atoms with van der Waals surface area (Å²) in [7, 11) is 0. The molecular weight excluding hydrogens is 310 g/mol. The third-order valence-electron chi connectivity index (χ3n) is 4.01. The van der Waals surface area contributed by atoms with E-state index in [2.05, 4.69) is 31.1 Å². The maximum absolute atomic E-state index is 12.3. The Kier molecular flexibility index (Phi) is 4.55. The molecule has 2 aromatic rings. The molecule has 0 N–H and O–H groups in total. The van der Waals surface area contributed by atoms with Crippen LogP contribution in [0.1, 0.15) is 41.8 Å². The maximum Gasteiger partial charge on any atom is 0.257 e. The van der Waals surface area contributed by atoms with Gasteiger partial charge in [0, 0.05) is 43.5 Å². The van der Waals surface area contributed by atoms with Gasteiger partial charge in [-0.15, -0.1) is 11.3 Å². The Morgan fingerprint density at radius 3 is 2.61 bits per heavy atom. The Morgan fingerprint density at radius 2 is 2.04 bits per heavy atom. The maximum atomic E-state index is 12.3. The van der Waals surface area contributed by atoms with E-state index in [0.29, 0.717) is 5.56 Å². The topological polar surface area (TPSA) is 49.6 Å². The van der Waals surface area contributed by atoms with E-state index in [0.717, 1.165) is 38.4 Å². The molecule has 0 saturated carbocycles. The zero-order valence-electron chi connectivity index (χ0n) is 13.9. The van der Waals surface area contributed by atoms with Gasteiger partial charge >= 0.3 is 0 Å². The molecule has 2 aromatic heterocycles. The Labute approximate surface area is 140 Å². The molecule has 0 aromatic carbocycles. The van der Waals surface area contributed by atoms with Gasteiger partial charge in [0.1, 0.15) is 6.26 Å². The molecule has 3 heterocycles. The van der Waals surface area contributed by atoms with Crippen LogP contribution < -0.4 is 0 Å². The average molecular weight is 333 g/mol. The Balaban J connectivity index is 1.53. The van der Waals surface area contributed by atoms with Crippen molar-refractivity contribution in [3.63, 3.8) is 0 Å². The molecule has 0 spiro atoms. The molecule has 0 aliphatic carbocycles. The van der Waals surface area contributed by atoms with Gasteiger partial charge in [-0.25, -0.2) is 4.98 Å². The molecule has 124 valence electrons. The third kappa shape index (κ3) is 3.82. The van der Waals surface area contributed by atoms with Crippen molar-refractivity contribution in [1.82, 2.24) is 14.8 Å². The molecule has 0 radical (unpaired) electrons. The van der Waals surface area contributed by atoms with Gasteiger partial charge in [-0.2, -0.15) is 0 Å². The molecule has 0 unspecified atom stereocenters. The smallest absolute Gasteiger partial charge is 0.257 e. The number of nitrogens with zero attached hydrogens (tertiary/aromatic N) is 3. The summed E-state index contributed by atoms with van der Waals surface area (Å²) in [6.45, 7) is 10.7. The summed E-state index contributed by atoms with van der Waals surface area (Å²) >= 11 is 1.74.